The lowest BCUT2D eigenvalue weighted by molar-refractivity contribution is 0.0232. The van der Waals surface area contributed by atoms with Crippen LogP contribution in [0.15, 0.2) is 27.1 Å². The molecule has 1 aromatic rings. The summed E-state index contributed by atoms with van der Waals surface area (Å²) < 4.78 is 37.7. The van der Waals surface area contributed by atoms with Crippen molar-refractivity contribution < 1.29 is 18.5 Å². The van der Waals surface area contributed by atoms with Crippen LogP contribution in [0, 0.1) is 11.2 Å². The molecule has 3 rings (SSSR count). The first-order valence-corrected chi connectivity index (χ1v) is 12.1. The van der Waals surface area contributed by atoms with E-state index in [2.05, 4.69) is 20.3 Å². The van der Waals surface area contributed by atoms with Crippen LogP contribution < -0.4 is 0 Å². The van der Waals surface area contributed by atoms with Crippen LogP contribution in [0.1, 0.15) is 59.9 Å². The van der Waals surface area contributed by atoms with Crippen LogP contribution in [0.5, 0.6) is 0 Å². The first kappa shape index (κ1) is 23.5. The summed E-state index contributed by atoms with van der Waals surface area (Å²) in [4.78, 5) is 14.7. The first-order chi connectivity index (χ1) is 13.7. The van der Waals surface area contributed by atoms with E-state index in [4.69, 9.17) is 4.74 Å². The average molecular weight is 501 g/mol. The van der Waals surface area contributed by atoms with E-state index in [0.717, 1.165) is 18.6 Å². The molecule has 1 amide bonds. The van der Waals surface area contributed by atoms with Crippen molar-refractivity contribution >= 4 is 39.1 Å². The highest BCUT2D eigenvalue weighted by Crippen LogP contribution is 2.54. The second-order valence-electron chi connectivity index (χ2n) is 10.2. The highest BCUT2D eigenvalue weighted by molar-refractivity contribution is 9.10. The molecule has 166 valence electrons. The zero-order valence-electron chi connectivity index (χ0n) is 18.4. The minimum Gasteiger partial charge on any atom is -0.591 e. The monoisotopic (exact) mass is 500 g/mol. The molecule has 1 aliphatic heterocycles. The smallest absolute Gasteiger partial charge is 0.410 e. The van der Waals surface area contributed by atoms with E-state index in [1.807, 2.05) is 41.5 Å². The van der Waals surface area contributed by atoms with Crippen molar-refractivity contribution in [3.63, 3.8) is 0 Å². The summed E-state index contributed by atoms with van der Waals surface area (Å²) in [7, 11) is 0. The number of rotatable bonds is 3. The lowest BCUT2D eigenvalue weighted by Crippen LogP contribution is -2.43. The van der Waals surface area contributed by atoms with E-state index in [9.17, 15) is 13.7 Å². The van der Waals surface area contributed by atoms with Gasteiger partial charge in [0.2, 0.25) is 0 Å². The van der Waals surface area contributed by atoms with Crippen LogP contribution in [0.25, 0.3) is 0 Å². The normalized spacial score (nSPS) is 23.2. The van der Waals surface area contributed by atoms with Crippen LogP contribution in [-0.4, -0.2) is 44.2 Å². The molecule has 30 heavy (non-hydrogen) atoms. The van der Waals surface area contributed by atoms with E-state index in [1.165, 1.54) is 0 Å². The minimum atomic E-state index is -1.46. The molecule has 0 bridgehead atoms. The van der Waals surface area contributed by atoms with Gasteiger partial charge in [-0.1, -0.05) is 16.5 Å². The number of halogens is 2. The van der Waals surface area contributed by atoms with Crippen LogP contribution in [0.3, 0.4) is 0 Å². The molecule has 1 unspecified atom stereocenters. The number of hydrogen-bond acceptors (Lipinski definition) is 4. The third-order valence-electron chi connectivity index (χ3n) is 5.34. The van der Waals surface area contributed by atoms with Gasteiger partial charge in [0.25, 0.3) is 0 Å². The third-order valence-corrected chi connectivity index (χ3v) is 7.36. The second-order valence-corrected chi connectivity index (χ2v) is 12.9. The molecule has 1 aliphatic carbocycles. The van der Waals surface area contributed by atoms with Gasteiger partial charge in [0.1, 0.15) is 27.5 Å². The first-order valence-electron chi connectivity index (χ1n) is 10.2. The van der Waals surface area contributed by atoms with Gasteiger partial charge in [-0.15, -0.1) is 0 Å². The number of likely N-dealkylation sites (tertiary alicyclic amines) is 1. The summed E-state index contributed by atoms with van der Waals surface area (Å²) in [5.74, 6) is -0.352. The Morgan fingerprint density at radius 1 is 1.33 bits per heavy atom. The van der Waals surface area contributed by atoms with Gasteiger partial charge in [0.15, 0.2) is 0 Å². The van der Waals surface area contributed by atoms with Crippen LogP contribution in [0.4, 0.5) is 9.18 Å². The summed E-state index contributed by atoms with van der Waals surface area (Å²) in [5, 5.41) is 0. The Balaban J connectivity index is 2.02. The van der Waals surface area contributed by atoms with Gasteiger partial charge in [-0.2, -0.15) is 0 Å². The van der Waals surface area contributed by atoms with Gasteiger partial charge in [0, 0.05) is 18.4 Å². The molecule has 2 fully saturated rings. The maximum absolute atomic E-state index is 14.8. The number of carbonyl (C=O) groups is 1. The van der Waals surface area contributed by atoms with E-state index in [1.54, 1.807) is 23.1 Å². The Morgan fingerprint density at radius 2 is 1.97 bits per heavy atom. The molecule has 5 nitrogen and oxygen atoms in total. The highest BCUT2D eigenvalue weighted by Gasteiger charge is 2.60. The molecule has 1 heterocycles. The van der Waals surface area contributed by atoms with Crippen molar-refractivity contribution in [1.82, 2.24) is 4.90 Å². The van der Waals surface area contributed by atoms with Crippen molar-refractivity contribution in [2.45, 2.75) is 77.2 Å². The summed E-state index contributed by atoms with van der Waals surface area (Å²) in [6, 6.07) is 4.64. The van der Waals surface area contributed by atoms with E-state index in [0.29, 0.717) is 16.6 Å². The second kappa shape index (κ2) is 8.10. The van der Waals surface area contributed by atoms with Crippen molar-refractivity contribution in [3.05, 3.63) is 34.1 Å². The topological polar surface area (TPSA) is 65.0 Å². The molecule has 0 radical (unpaired) electrons. The van der Waals surface area contributed by atoms with E-state index < -0.39 is 33.8 Å². The largest absolute Gasteiger partial charge is 0.591 e. The molecule has 1 aromatic carbocycles. The molecular weight excluding hydrogens is 471 g/mol. The highest BCUT2D eigenvalue weighted by atomic mass is 79.9. The van der Waals surface area contributed by atoms with Gasteiger partial charge in [-0.25, -0.2) is 9.18 Å². The lowest BCUT2D eigenvalue weighted by Gasteiger charge is -2.28. The third kappa shape index (κ3) is 5.02. The van der Waals surface area contributed by atoms with Gasteiger partial charge in [-0.3, -0.25) is 4.90 Å². The lowest BCUT2D eigenvalue weighted by atomic mass is 9.95. The quantitative estimate of drug-likeness (QED) is 0.519. The van der Waals surface area contributed by atoms with Crippen LogP contribution >= 0.6 is 15.9 Å². The fourth-order valence-corrected chi connectivity index (χ4v) is 4.78. The minimum absolute atomic E-state index is 0.256. The van der Waals surface area contributed by atoms with Crippen molar-refractivity contribution in [2.75, 3.05) is 6.54 Å². The van der Waals surface area contributed by atoms with Gasteiger partial charge in [-0.05, 0) is 81.9 Å². The van der Waals surface area contributed by atoms with E-state index in [-0.39, 0.29) is 17.7 Å². The van der Waals surface area contributed by atoms with E-state index >= 15 is 0 Å². The predicted octanol–water partition coefficient (Wildman–Crippen LogP) is 5.43. The maximum atomic E-state index is 14.8. The van der Waals surface area contributed by atoms with Gasteiger partial charge in [0.05, 0.1) is 16.2 Å². The Morgan fingerprint density at radius 3 is 2.50 bits per heavy atom. The Bertz CT molecular complexity index is 859. The van der Waals surface area contributed by atoms with Crippen LogP contribution in [0.2, 0.25) is 0 Å². The predicted molar refractivity (Wildman–Crippen MR) is 122 cm³/mol. The number of amides is 1. The summed E-state index contributed by atoms with van der Waals surface area (Å²) in [6.07, 6.45) is 1.57. The zero-order chi connectivity index (χ0) is 22.5. The number of ether oxygens (including phenoxy) is 1. The average Bonchev–Trinajstić information content (AvgIpc) is 3.31. The maximum Gasteiger partial charge on any atom is 0.410 e. The molecule has 0 aromatic heterocycles. The number of hydrogen-bond donors (Lipinski definition) is 0. The Hall–Kier alpha value is -1.12. The molecule has 8 heteroatoms. The fourth-order valence-electron chi connectivity index (χ4n) is 3.60. The molecule has 1 spiro atoms. The van der Waals surface area contributed by atoms with Crippen LogP contribution in [-0.2, 0) is 22.5 Å². The molecular formula is C22H30BrFN2O3S. The van der Waals surface area contributed by atoms with Gasteiger partial charge >= 0.3 is 6.09 Å². The SMILES string of the molecule is CC(C)(C)OC(=O)N1CC2(CC2)C(=N[S@+]([O-])C(C)(C)C)C1Cc1cccc(Br)c1F. The number of carbonyl (C=O) groups excluding carboxylic acids is 1. The Labute approximate surface area is 189 Å². The molecule has 1 saturated heterocycles. The van der Waals surface area contributed by atoms with Gasteiger partial charge < -0.3 is 9.29 Å². The standard InChI is InChI=1S/C22H30BrFN2O3S/c1-20(2,3)29-19(27)26-13-22(10-11-22)18(25-30(28)21(4,5)6)16(26)12-14-8-7-9-15(23)17(14)24/h7-9,16H,10-13H2,1-6H3/t16?,30-/m1/s1. The fraction of sp³-hybridized carbons (Fsp3) is 0.636. The van der Waals surface area contributed by atoms with Crippen molar-refractivity contribution in [1.29, 1.82) is 0 Å². The summed E-state index contributed by atoms with van der Waals surface area (Å²) in [6.45, 7) is 11.5. The molecule has 1 saturated carbocycles. The van der Waals surface area contributed by atoms with Crippen molar-refractivity contribution in [3.8, 4) is 0 Å². The molecule has 0 N–H and O–H groups in total. The zero-order valence-corrected chi connectivity index (χ0v) is 20.8. The number of nitrogens with zero attached hydrogens (tertiary/aromatic N) is 2. The summed E-state index contributed by atoms with van der Waals surface area (Å²) in [5.41, 5.74) is 0.300. The molecule has 2 atom stereocenters. The van der Waals surface area contributed by atoms with Crippen molar-refractivity contribution in [2.24, 2.45) is 9.81 Å². The summed E-state index contributed by atoms with van der Waals surface area (Å²) >= 11 is 1.77. The molecule has 2 aliphatic rings. The number of benzene rings is 1. The Kier molecular flexibility index (Phi) is 6.35.